The molecule has 0 bridgehead atoms. The number of phosphoric acid groups is 1. The lowest BCUT2D eigenvalue weighted by atomic mass is 10.0. The molecule has 0 N–H and O–H groups in total. The molecule has 0 rings (SSSR count). The van der Waals surface area contributed by atoms with Gasteiger partial charge in [0.2, 0.25) is 0 Å². The molecule has 0 fully saturated rings. The van der Waals surface area contributed by atoms with Crippen molar-refractivity contribution in [1.29, 1.82) is 0 Å². The van der Waals surface area contributed by atoms with Crippen LogP contribution in [-0.2, 0) is 32.7 Å². The molecule has 10 heteroatoms. The van der Waals surface area contributed by atoms with Gasteiger partial charge >= 0.3 is 11.9 Å². The second kappa shape index (κ2) is 43.7. The molecule has 1 unspecified atom stereocenters. The molecule has 0 amide bonds. The van der Waals surface area contributed by atoms with Crippen LogP contribution < -0.4 is 4.89 Å². The van der Waals surface area contributed by atoms with Crippen LogP contribution in [0.2, 0.25) is 0 Å². The van der Waals surface area contributed by atoms with Gasteiger partial charge in [-0.25, -0.2) is 0 Å². The molecule has 0 saturated heterocycles. The van der Waals surface area contributed by atoms with Crippen molar-refractivity contribution in [2.75, 3.05) is 47.5 Å². The zero-order chi connectivity index (χ0) is 45.7. The highest BCUT2D eigenvalue weighted by atomic mass is 31.2. The molecule has 0 aromatic carbocycles. The van der Waals surface area contributed by atoms with Crippen molar-refractivity contribution in [3.8, 4) is 0 Å². The van der Waals surface area contributed by atoms with Crippen LogP contribution >= 0.6 is 7.82 Å². The third-order valence-electron chi connectivity index (χ3n) is 10.2. The van der Waals surface area contributed by atoms with Gasteiger partial charge in [0.1, 0.15) is 19.8 Å². The summed E-state index contributed by atoms with van der Waals surface area (Å²) in [5, 5.41) is 0. The fourth-order valence-electron chi connectivity index (χ4n) is 6.37. The Bertz CT molecular complexity index is 1280. The Morgan fingerprint density at radius 1 is 0.516 bits per heavy atom. The number of unbranched alkanes of at least 4 members (excludes halogenated alkanes) is 18. The molecule has 0 spiro atoms. The van der Waals surface area contributed by atoms with Gasteiger partial charge in [-0.3, -0.25) is 14.2 Å². The molecule has 0 aromatic heterocycles. The minimum Gasteiger partial charge on any atom is -0.756 e. The van der Waals surface area contributed by atoms with Crippen LogP contribution in [0.4, 0.5) is 0 Å². The van der Waals surface area contributed by atoms with E-state index in [4.69, 9.17) is 18.5 Å². The van der Waals surface area contributed by atoms with Crippen LogP contribution in [0.25, 0.3) is 0 Å². The summed E-state index contributed by atoms with van der Waals surface area (Å²) in [5.41, 5.74) is 0. The highest BCUT2D eigenvalue weighted by molar-refractivity contribution is 7.45. The molecule has 0 aliphatic heterocycles. The number of hydrogen-bond donors (Lipinski definition) is 0. The van der Waals surface area contributed by atoms with Gasteiger partial charge in [-0.2, -0.15) is 0 Å². The van der Waals surface area contributed by atoms with Crippen LogP contribution in [0.5, 0.6) is 0 Å². The number of ether oxygens (including phenoxy) is 2. The first-order chi connectivity index (χ1) is 30.0. The summed E-state index contributed by atoms with van der Waals surface area (Å²) in [7, 11) is 1.11. The number of hydrogen-bond acceptors (Lipinski definition) is 8. The van der Waals surface area contributed by atoms with Crippen molar-refractivity contribution >= 4 is 19.8 Å². The predicted molar refractivity (Wildman–Crippen MR) is 259 cm³/mol. The molecule has 358 valence electrons. The number of carbonyl (C=O) groups excluding carboxylic acids is 2. The number of nitrogens with zero attached hydrogens (tertiary/aromatic N) is 1. The van der Waals surface area contributed by atoms with Gasteiger partial charge in [-0.05, 0) is 83.5 Å². The van der Waals surface area contributed by atoms with E-state index in [2.05, 4.69) is 86.8 Å². The lowest BCUT2D eigenvalue weighted by Crippen LogP contribution is -2.37. The normalized spacial score (nSPS) is 14.1. The first-order valence-electron chi connectivity index (χ1n) is 24.6. The lowest BCUT2D eigenvalue weighted by molar-refractivity contribution is -0.870. The monoisotopic (exact) mass is 890 g/mol. The number of carbonyl (C=O) groups is 2. The summed E-state index contributed by atoms with van der Waals surface area (Å²) < 4.78 is 33.9. The average molecular weight is 890 g/mol. The van der Waals surface area contributed by atoms with E-state index in [0.717, 1.165) is 64.2 Å². The first kappa shape index (κ1) is 59.5. The Hall–Kier alpha value is -2.55. The van der Waals surface area contributed by atoms with E-state index in [0.29, 0.717) is 23.9 Å². The maximum Gasteiger partial charge on any atom is 0.306 e. The average Bonchev–Trinajstić information content (AvgIpc) is 3.23. The van der Waals surface area contributed by atoms with Crippen molar-refractivity contribution in [2.45, 2.75) is 200 Å². The van der Waals surface area contributed by atoms with Crippen molar-refractivity contribution in [3.63, 3.8) is 0 Å². The zero-order valence-corrected chi connectivity index (χ0v) is 41.2. The molecular weight excluding hydrogens is 798 g/mol. The van der Waals surface area contributed by atoms with E-state index in [1.54, 1.807) is 0 Å². The lowest BCUT2D eigenvalue weighted by Gasteiger charge is -2.28. The van der Waals surface area contributed by atoms with Crippen molar-refractivity contribution < 1.29 is 42.1 Å². The Morgan fingerprint density at radius 2 is 0.952 bits per heavy atom. The minimum atomic E-state index is -4.65. The Kier molecular flexibility index (Phi) is 41.9. The summed E-state index contributed by atoms with van der Waals surface area (Å²) >= 11 is 0. The standard InChI is InChI=1S/C52H92NO8P/c1-6-8-10-12-14-16-18-20-22-23-24-25-26-27-28-29-31-33-35-37-39-41-43-45-52(55)61-50(49-60-62(56,57)59-47-46-53(3,4)5)48-58-51(54)44-42-40-38-36-34-32-30-21-19-17-15-13-11-9-7-2/h9,11,15,17,21,29-31,34,36-37,39,50H,6-8,10,12-14,16,18-20,22-28,32-33,35,38,40-49H2,1-5H3/b11-9+,17-15+,30-21+,31-29+,36-34+,39-37+/t50-/m1/s1. The van der Waals surface area contributed by atoms with E-state index in [1.807, 2.05) is 21.1 Å². The highest BCUT2D eigenvalue weighted by Gasteiger charge is 2.21. The van der Waals surface area contributed by atoms with E-state index in [9.17, 15) is 19.0 Å². The zero-order valence-electron chi connectivity index (χ0n) is 40.3. The van der Waals surface area contributed by atoms with E-state index in [-0.39, 0.29) is 26.1 Å². The van der Waals surface area contributed by atoms with Crippen LogP contribution in [-0.4, -0.2) is 70.0 Å². The molecule has 0 aliphatic rings. The Morgan fingerprint density at radius 3 is 1.48 bits per heavy atom. The van der Waals surface area contributed by atoms with Gasteiger partial charge in [0, 0.05) is 12.8 Å². The molecule has 2 atom stereocenters. The van der Waals surface area contributed by atoms with Gasteiger partial charge in [0.05, 0.1) is 27.7 Å². The highest BCUT2D eigenvalue weighted by Crippen LogP contribution is 2.38. The fraction of sp³-hybridized carbons (Fsp3) is 0.731. The topological polar surface area (TPSA) is 111 Å². The third kappa shape index (κ3) is 46.9. The Balaban J connectivity index is 4.37. The predicted octanol–water partition coefficient (Wildman–Crippen LogP) is 13.9. The third-order valence-corrected chi connectivity index (χ3v) is 11.2. The smallest absolute Gasteiger partial charge is 0.306 e. The summed E-state index contributed by atoms with van der Waals surface area (Å²) in [4.78, 5) is 37.6. The van der Waals surface area contributed by atoms with Gasteiger partial charge in [0.25, 0.3) is 7.82 Å². The molecule has 62 heavy (non-hydrogen) atoms. The van der Waals surface area contributed by atoms with Gasteiger partial charge in [-0.1, -0.05) is 170 Å². The van der Waals surface area contributed by atoms with E-state index >= 15 is 0 Å². The SMILES string of the molecule is CC/C=C/C/C=C/C/C=C/C/C=C/CCCCC(=O)OC[C@H](COP(=O)([O-])OCC[N+](C)(C)C)OC(=O)CCC/C=C/CC/C=C/CCCCCCCCCCCCCCCC. The van der Waals surface area contributed by atoms with Crippen LogP contribution in [0, 0.1) is 0 Å². The van der Waals surface area contributed by atoms with Gasteiger partial charge in [-0.15, -0.1) is 0 Å². The molecular formula is C52H92NO8P. The van der Waals surface area contributed by atoms with Gasteiger partial charge in [0.15, 0.2) is 6.10 Å². The van der Waals surface area contributed by atoms with Crippen molar-refractivity contribution in [1.82, 2.24) is 0 Å². The number of esters is 2. The fourth-order valence-corrected chi connectivity index (χ4v) is 7.10. The Labute approximate surface area is 380 Å². The quantitative estimate of drug-likeness (QED) is 0.0195. The minimum absolute atomic E-state index is 0.0476. The second-order valence-electron chi connectivity index (χ2n) is 17.4. The van der Waals surface area contributed by atoms with E-state index < -0.39 is 32.5 Å². The molecule has 9 nitrogen and oxygen atoms in total. The maximum absolute atomic E-state index is 12.7. The largest absolute Gasteiger partial charge is 0.756 e. The van der Waals surface area contributed by atoms with E-state index in [1.165, 1.54) is 89.9 Å². The van der Waals surface area contributed by atoms with Crippen LogP contribution in [0.1, 0.15) is 194 Å². The summed E-state index contributed by atoms with van der Waals surface area (Å²) in [6.45, 7) is 4.02. The summed E-state index contributed by atoms with van der Waals surface area (Å²) in [6, 6.07) is 0. The number of allylic oxidation sites excluding steroid dienone is 12. The van der Waals surface area contributed by atoms with Crippen LogP contribution in [0.15, 0.2) is 72.9 Å². The first-order valence-corrected chi connectivity index (χ1v) is 26.1. The number of phosphoric ester groups is 1. The summed E-state index contributed by atoms with van der Waals surface area (Å²) in [6.07, 6.45) is 55.3. The number of quaternary nitrogens is 1. The molecule has 0 radical (unpaired) electrons. The molecule has 0 saturated carbocycles. The second-order valence-corrected chi connectivity index (χ2v) is 18.8. The van der Waals surface area contributed by atoms with Crippen molar-refractivity contribution in [3.05, 3.63) is 72.9 Å². The number of likely N-dealkylation sites (N-methyl/N-ethyl adjacent to an activating group) is 1. The van der Waals surface area contributed by atoms with Crippen molar-refractivity contribution in [2.24, 2.45) is 0 Å². The summed E-state index contributed by atoms with van der Waals surface area (Å²) in [5.74, 6) is -0.936. The van der Waals surface area contributed by atoms with Crippen LogP contribution in [0.3, 0.4) is 0 Å². The molecule has 0 aromatic rings. The number of rotatable bonds is 44. The molecule has 0 aliphatic carbocycles. The van der Waals surface area contributed by atoms with Gasteiger partial charge < -0.3 is 27.9 Å². The molecule has 0 heterocycles. The maximum atomic E-state index is 12.7.